The highest BCUT2D eigenvalue weighted by Crippen LogP contribution is 2.26. The SMILES string of the molecule is CCNCc1ccc(CSc2ccccc2C)o1. The Labute approximate surface area is 113 Å². The van der Waals surface area contributed by atoms with Crippen molar-refractivity contribution in [2.24, 2.45) is 0 Å². The summed E-state index contributed by atoms with van der Waals surface area (Å²) in [4.78, 5) is 1.32. The van der Waals surface area contributed by atoms with Crippen LogP contribution >= 0.6 is 11.8 Å². The first kappa shape index (κ1) is 13.2. The summed E-state index contributed by atoms with van der Waals surface area (Å²) in [5.74, 6) is 2.94. The van der Waals surface area contributed by atoms with Gasteiger partial charge in [0.25, 0.3) is 0 Å². The topological polar surface area (TPSA) is 25.2 Å². The molecule has 0 aliphatic carbocycles. The summed E-state index contributed by atoms with van der Waals surface area (Å²) in [6.45, 7) is 6.01. The third-order valence-corrected chi connectivity index (χ3v) is 3.93. The highest BCUT2D eigenvalue weighted by molar-refractivity contribution is 7.98. The van der Waals surface area contributed by atoms with Gasteiger partial charge >= 0.3 is 0 Å². The van der Waals surface area contributed by atoms with Gasteiger partial charge in [-0.05, 0) is 37.2 Å². The molecule has 1 N–H and O–H groups in total. The predicted octanol–water partition coefficient (Wildman–Crippen LogP) is 3.99. The average Bonchev–Trinajstić information content (AvgIpc) is 2.83. The maximum atomic E-state index is 5.76. The fraction of sp³-hybridized carbons (Fsp3) is 0.333. The van der Waals surface area contributed by atoms with Crippen LogP contribution in [0.4, 0.5) is 0 Å². The molecule has 0 bridgehead atoms. The van der Waals surface area contributed by atoms with Gasteiger partial charge in [0.2, 0.25) is 0 Å². The minimum atomic E-state index is 0.811. The van der Waals surface area contributed by atoms with Gasteiger partial charge in [-0.25, -0.2) is 0 Å². The van der Waals surface area contributed by atoms with Crippen molar-refractivity contribution in [3.05, 3.63) is 53.5 Å². The van der Waals surface area contributed by atoms with Crippen molar-refractivity contribution in [2.45, 2.75) is 31.0 Å². The van der Waals surface area contributed by atoms with Crippen LogP contribution in [-0.2, 0) is 12.3 Å². The Balaban J connectivity index is 1.90. The second-order valence-corrected chi connectivity index (χ2v) is 5.22. The molecule has 1 aromatic carbocycles. The van der Waals surface area contributed by atoms with Crippen molar-refractivity contribution >= 4 is 11.8 Å². The van der Waals surface area contributed by atoms with E-state index in [-0.39, 0.29) is 0 Å². The lowest BCUT2D eigenvalue weighted by Crippen LogP contribution is -2.10. The normalized spacial score (nSPS) is 10.8. The van der Waals surface area contributed by atoms with Crippen LogP contribution in [0.2, 0.25) is 0 Å². The quantitative estimate of drug-likeness (QED) is 0.796. The first-order valence-electron chi connectivity index (χ1n) is 6.26. The third-order valence-electron chi connectivity index (χ3n) is 2.73. The molecule has 2 aromatic rings. The number of benzene rings is 1. The van der Waals surface area contributed by atoms with E-state index < -0.39 is 0 Å². The number of aryl methyl sites for hydroxylation is 1. The molecule has 0 unspecified atom stereocenters. The van der Waals surface area contributed by atoms with E-state index in [4.69, 9.17) is 4.42 Å². The fourth-order valence-electron chi connectivity index (χ4n) is 1.71. The minimum absolute atomic E-state index is 0.811. The van der Waals surface area contributed by atoms with Crippen LogP contribution in [0.1, 0.15) is 24.0 Å². The number of furan rings is 1. The molecule has 0 fully saturated rings. The van der Waals surface area contributed by atoms with Crippen LogP contribution in [0.15, 0.2) is 45.7 Å². The number of rotatable bonds is 6. The molecule has 18 heavy (non-hydrogen) atoms. The summed E-state index contributed by atoms with van der Waals surface area (Å²) in [6.07, 6.45) is 0. The van der Waals surface area contributed by atoms with Gasteiger partial charge in [-0.2, -0.15) is 0 Å². The van der Waals surface area contributed by atoms with Crippen molar-refractivity contribution in [3.8, 4) is 0 Å². The second kappa shape index (κ2) is 6.66. The van der Waals surface area contributed by atoms with Crippen LogP contribution in [0.3, 0.4) is 0 Å². The lowest BCUT2D eigenvalue weighted by Gasteiger charge is -2.03. The molecular weight excluding hydrogens is 242 g/mol. The zero-order valence-electron chi connectivity index (χ0n) is 10.9. The van der Waals surface area contributed by atoms with Gasteiger partial charge < -0.3 is 9.73 Å². The molecule has 0 radical (unpaired) electrons. The van der Waals surface area contributed by atoms with E-state index in [1.165, 1.54) is 10.5 Å². The predicted molar refractivity (Wildman–Crippen MR) is 76.8 cm³/mol. The van der Waals surface area contributed by atoms with Gasteiger partial charge in [-0.1, -0.05) is 25.1 Å². The van der Waals surface area contributed by atoms with Crippen LogP contribution in [0.25, 0.3) is 0 Å². The minimum Gasteiger partial charge on any atom is -0.464 e. The van der Waals surface area contributed by atoms with Crippen LogP contribution in [-0.4, -0.2) is 6.54 Å². The Morgan fingerprint density at radius 1 is 1.11 bits per heavy atom. The summed E-state index contributed by atoms with van der Waals surface area (Å²) < 4.78 is 5.76. The standard InChI is InChI=1S/C15H19NOS/c1-3-16-10-13-8-9-14(17-13)11-18-15-7-5-4-6-12(15)2/h4-9,16H,3,10-11H2,1-2H3. The van der Waals surface area contributed by atoms with Crippen molar-refractivity contribution < 1.29 is 4.42 Å². The Bertz CT molecular complexity index is 493. The first-order chi connectivity index (χ1) is 8.79. The molecule has 0 atom stereocenters. The van der Waals surface area contributed by atoms with Crippen LogP contribution < -0.4 is 5.32 Å². The van der Waals surface area contributed by atoms with Crippen molar-refractivity contribution in [1.82, 2.24) is 5.32 Å². The Morgan fingerprint density at radius 3 is 2.67 bits per heavy atom. The van der Waals surface area contributed by atoms with Crippen molar-refractivity contribution in [3.63, 3.8) is 0 Å². The molecule has 0 saturated heterocycles. The highest BCUT2D eigenvalue weighted by Gasteiger charge is 2.04. The molecule has 1 heterocycles. The summed E-state index contributed by atoms with van der Waals surface area (Å²) in [5.41, 5.74) is 1.32. The zero-order chi connectivity index (χ0) is 12.8. The number of nitrogens with one attached hydrogen (secondary N) is 1. The van der Waals surface area contributed by atoms with E-state index in [1.807, 2.05) is 11.8 Å². The van der Waals surface area contributed by atoms with Gasteiger partial charge in [-0.3, -0.25) is 0 Å². The first-order valence-corrected chi connectivity index (χ1v) is 7.25. The van der Waals surface area contributed by atoms with E-state index in [0.717, 1.165) is 30.4 Å². The van der Waals surface area contributed by atoms with Gasteiger partial charge in [0.05, 0.1) is 12.3 Å². The van der Waals surface area contributed by atoms with E-state index >= 15 is 0 Å². The lowest BCUT2D eigenvalue weighted by molar-refractivity contribution is 0.463. The third kappa shape index (κ3) is 3.65. The average molecular weight is 261 g/mol. The van der Waals surface area contributed by atoms with Crippen LogP contribution in [0.5, 0.6) is 0 Å². The van der Waals surface area contributed by atoms with E-state index in [2.05, 4.69) is 55.6 Å². The summed E-state index contributed by atoms with van der Waals surface area (Å²) in [5, 5.41) is 3.26. The molecule has 0 spiro atoms. The van der Waals surface area contributed by atoms with E-state index in [0.29, 0.717) is 0 Å². The molecule has 96 valence electrons. The van der Waals surface area contributed by atoms with E-state index in [1.54, 1.807) is 0 Å². The number of hydrogen-bond donors (Lipinski definition) is 1. The molecule has 2 nitrogen and oxygen atoms in total. The van der Waals surface area contributed by atoms with Gasteiger partial charge in [0, 0.05) is 4.90 Å². The molecular formula is C15H19NOS. The Hall–Kier alpha value is -1.19. The lowest BCUT2D eigenvalue weighted by atomic mass is 10.2. The molecule has 2 rings (SSSR count). The molecule has 0 aliphatic heterocycles. The maximum Gasteiger partial charge on any atom is 0.117 e. The highest BCUT2D eigenvalue weighted by atomic mass is 32.2. The maximum absolute atomic E-state index is 5.76. The molecule has 0 saturated carbocycles. The number of hydrogen-bond acceptors (Lipinski definition) is 3. The Kier molecular flexibility index (Phi) is 4.90. The summed E-state index contributed by atoms with van der Waals surface area (Å²) in [7, 11) is 0. The Morgan fingerprint density at radius 2 is 1.89 bits per heavy atom. The van der Waals surface area contributed by atoms with Crippen molar-refractivity contribution in [2.75, 3.05) is 6.54 Å². The van der Waals surface area contributed by atoms with E-state index in [9.17, 15) is 0 Å². The van der Waals surface area contributed by atoms with Crippen LogP contribution in [0, 0.1) is 6.92 Å². The number of thioether (sulfide) groups is 1. The molecule has 0 amide bonds. The van der Waals surface area contributed by atoms with Gasteiger partial charge in [0.1, 0.15) is 11.5 Å². The van der Waals surface area contributed by atoms with Crippen molar-refractivity contribution in [1.29, 1.82) is 0 Å². The fourth-order valence-corrected chi connectivity index (χ4v) is 2.63. The van der Waals surface area contributed by atoms with Gasteiger partial charge in [0.15, 0.2) is 0 Å². The zero-order valence-corrected chi connectivity index (χ0v) is 11.7. The molecule has 0 aliphatic rings. The monoisotopic (exact) mass is 261 g/mol. The summed E-state index contributed by atoms with van der Waals surface area (Å²) in [6, 6.07) is 12.6. The largest absolute Gasteiger partial charge is 0.464 e. The summed E-state index contributed by atoms with van der Waals surface area (Å²) >= 11 is 1.82. The second-order valence-electron chi connectivity index (χ2n) is 4.20. The molecule has 1 aromatic heterocycles. The van der Waals surface area contributed by atoms with Gasteiger partial charge in [-0.15, -0.1) is 11.8 Å². The molecule has 3 heteroatoms. The smallest absolute Gasteiger partial charge is 0.117 e.